The molecule has 2 aromatic heterocycles. The Bertz CT molecular complexity index is 833. The number of sulfonamides is 1. The fourth-order valence-electron chi connectivity index (χ4n) is 3.68. The van der Waals surface area contributed by atoms with Crippen molar-refractivity contribution in [2.75, 3.05) is 39.4 Å². The summed E-state index contributed by atoms with van der Waals surface area (Å²) in [6.07, 6.45) is 3.64. The van der Waals surface area contributed by atoms with Crippen molar-refractivity contribution < 1.29 is 17.7 Å². The van der Waals surface area contributed by atoms with Crippen LogP contribution < -0.4 is 0 Å². The maximum absolute atomic E-state index is 13.1. The van der Waals surface area contributed by atoms with Crippen LogP contribution in [-0.2, 0) is 14.8 Å². The molecule has 0 radical (unpaired) electrons. The lowest BCUT2D eigenvalue weighted by Gasteiger charge is -2.40. The number of hydrogen-bond donors (Lipinski definition) is 0. The standard InChI is InChI=1S/C17H23N3O4S2/c1-13-17(12-16(25-13)15-2-5-18-24-15)26(21,22)20-8-6-19(7-9-20)14-3-10-23-11-4-14/h2,5,12,14H,3-4,6-11H2,1H3. The fraction of sp³-hybridized carbons (Fsp3) is 0.588. The number of aryl methyl sites for hydroxylation is 1. The van der Waals surface area contributed by atoms with E-state index >= 15 is 0 Å². The third-order valence-electron chi connectivity index (χ3n) is 5.15. The van der Waals surface area contributed by atoms with Gasteiger partial charge in [0.15, 0.2) is 5.76 Å². The first-order valence-corrected chi connectivity index (χ1v) is 11.1. The summed E-state index contributed by atoms with van der Waals surface area (Å²) < 4.78 is 38.4. The van der Waals surface area contributed by atoms with Crippen molar-refractivity contribution in [3.05, 3.63) is 23.2 Å². The molecule has 142 valence electrons. The van der Waals surface area contributed by atoms with Crippen molar-refractivity contribution in [1.29, 1.82) is 0 Å². The van der Waals surface area contributed by atoms with Gasteiger partial charge in [0.2, 0.25) is 10.0 Å². The molecule has 0 N–H and O–H groups in total. The number of aromatic nitrogens is 1. The third kappa shape index (κ3) is 3.46. The Kier molecular flexibility index (Phi) is 5.15. The maximum Gasteiger partial charge on any atom is 0.244 e. The van der Waals surface area contributed by atoms with Gasteiger partial charge in [-0.25, -0.2) is 8.42 Å². The molecule has 0 spiro atoms. The van der Waals surface area contributed by atoms with Crippen molar-refractivity contribution in [1.82, 2.24) is 14.4 Å². The van der Waals surface area contributed by atoms with Crippen LogP contribution in [0, 0.1) is 6.92 Å². The van der Waals surface area contributed by atoms with Crippen LogP contribution in [0.2, 0.25) is 0 Å². The van der Waals surface area contributed by atoms with Gasteiger partial charge in [0.05, 0.1) is 16.0 Å². The topological polar surface area (TPSA) is 75.9 Å². The molecule has 4 heterocycles. The first-order chi connectivity index (χ1) is 12.6. The second-order valence-electron chi connectivity index (χ2n) is 6.69. The summed E-state index contributed by atoms with van der Waals surface area (Å²) in [5.41, 5.74) is 0. The van der Waals surface area contributed by atoms with Crippen LogP contribution >= 0.6 is 11.3 Å². The quantitative estimate of drug-likeness (QED) is 0.787. The second kappa shape index (κ2) is 7.40. The Labute approximate surface area is 157 Å². The van der Waals surface area contributed by atoms with Crippen molar-refractivity contribution in [3.63, 3.8) is 0 Å². The molecule has 0 unspecified atom stereocenters. The van der Waals surface area contributed by atoms with Gasteiger partial charge in [0.25, 0.3) is 0 Å². The molecular weight excluding hydrogens is 374 g/mol. The molecule has 2 saturated heterocycles. The van der Waals surface area contributed by atoms with E-state index in [1.54, 1.807) is 22.6 Å². The molecule has 0 saturated carbocycles. The van der Waals surface area contributed by atoms with Gasteiger partial charge in [0.1, 0.15) is 0 Å². The molecule has 4 rings (SSSR count). The van der Waals surface area contributed by atoms with E-state index in [-0.39, 0.29) is 0 Å². The maximum atomic E-state index is 13.1. The van der Waals surface area contributed by atoms with Crippen LogP contribution in [0.3, 0.4) is 0 Å². The van der Waals surface area contributed by atoms with Gasteiger partial charge < -0.3 is 9.26 Å². The van der Waals surface area contributed by atoms with E-state index in [9.17, 15) is 8.42 Å². The van der Waals surface area contributed by atoms with Gasteiger partial charge in [-0.15, -0.1) is 11.3 Å². The van der Waals surface area contributed by atoms with Gasteiger partial charge in [-0.3, -0.25) is 4.90 Å². The summed E-state index contributed by atoms with van der Waals surface area (Å²) >= 11 is 1.42. The van der Waals surface area contributed by atoms with Crippen LogP contribution in [0.15, 0.2) is 27.7 Å². The second-order valence-corrected chi connectivity index (χ2v) is 9.85. The van der Waals surface area contributed by atoms with E-state index in [4.69, 9.17) is 9.26 Å². The molecule has 2 fully saturated rings. The van der Waals surface area contributed by atoms with E-state index in [0.717, 1.165) is 48.9 Å². The first kappa shape index (κ1) is 18.1. The lowest BCUT2D eigenvalue weighted by Crippen LogP contribution is -2.52. The average molecular weight is 398 g/mol. The molecular formula is C17H23N3O4S2. The van der Waals surface area contributed by atoms with Gasteiger partial charge >= 0.3 is 0 Å². The Balaban J connectivity index is 1.48. The van der Waals surface area contributed by atoms with Crippen LogP contribution in [0.25, 0.3) is 10.6 Å². The van der Waals surface area contributed by atoms with Gasteiger partial charge in [-0.2, -0.15) is 4.31 Å². The third-order valence-corrected chi connectivity index (χ3v) is 8.37. The highest BCUT2D eigenvalue weighted by Gasteiger charge is 2.33. The minimum atomic E-state index is -3.49. The number of rotatable bonds is 4. The Morgan fingerprint density at radius 2 is 1.92 bits per heavy atom. The molecule has 0 atom stereocenters. The summed E-state index contributed by atoms with van der Waals surface area (Å²) in [6.45, 7) is 6.09. The molecule has 0 aliphatic carbocycles. The summed E-state index contributed by atoms with van der Waals surface area (Å²) in [6, 6.07) is 3.98. The van der Waals surface area contributed by atoms with E-state index in [0.29, 0.717) is 29.8 Å². The zero-order chi connectivity index (χ0) is 18.1. The largest absolute Gasteiger partial charge is 0.381 e. The summed E-state index contributed by atoms with van der Waals surface area (Å²) in [4.78, 5) is 4.37. The van der Waals surface area contributed by atoms with Gasteiger partial charge in [0, 0.05) is 56.4 Å². The average Bonchev–Trinajstić information content (AvgIpc) is 3.32. The van der Waals surface area contributed by atoms with Crippen LogP contribution in [0.4, 0.5) is 0 Å². The van der Waals surface area contributed by atoms with Crippen molar-refractivity contribution in [2.45, 2.75) is 30.7 Å². The number of piperazine rings is 1. The monoisotopic (exact) mass is 397 g/mol. The van der Waals surface area contributed by atoms with E-state index in [2.05, 4.69) is 10.1 Å². The number of nitrogens with zero attached hydrogens (tertiary/aromatic N) is 3. The first-order valence-electron chi connectivity index (χ1n) is 8.89. The van der Waals surface area contributed by atoms with Crippen molar-refractivity contribution in [2.24, 2.45) is 0 Å². The molecule has 2 aliphatic heterocycles. The van der Waals surface area contributed by atoms with Gasteiger partial charge in [-0.1, -0.05) is 5.16 Å². The van der Waals surface area contributed by atoms with E-state index in [1.165, 1.54) is 11.3 Å². The van der Waals surface area contributed by atoms with E-state index < -0.39 is 10.0 Å². The summed E-state index contributed by atoms with van der Waals surface area (Å²) in [5.74, 6) is 0.601. The minimum absolute atomic E-state index is 0.383. The SMILES string of the molecule is Cc1sc(-c2ccno2)cc1S(=O)(=O)N1CCN(C2CCOCC2)CC1. The number of hydrogen-bond acceptors (Lipinski definition) is 7. The van der Waals surface area contributed by atoms with Crippen molar-refractivity contribution >= 4 is 21.4 Å². The van der Waals surface area contributed by atoms with Crippen LogP contribution in [-0.4, -0.2) is 68.2 Å². The Hall–Kier alpha value is -1.26. The smallest absolute Gasteiger partial charge is 0.244 e. The molecule has 0 aromatic carbocycles. The summed E-state index contributed by atoms with van der Waals surface area (Å²) in [7, 11) is -3.49. The van der Waals surface area contributed by atoms with Crippen LogP contribution in [0.5, 0.6) is 0 Å². The highest BCUT2D eigenvalue weighted by Crippen LogP contribution is 2.35. The predicted octanol–water partition coefficient (Wildman–Crippen LogP) is 2.20. The Morgan fingerprint density at radius 1 is 1.19 bits per heavy atom. The molecule has 2 aliphatic rings. The highest BCUT2D eigenvalue weighted by molar-refractivity contribution is 7.89. The zero-order valence-electron chi connectivity index (χ0n) is 14.8. The fourth-order valence-corrected chi connectivity index (χ4v) is 6.62. The van der Waals surface area contributed by atoms with Crippen molar-refractivity contribution in [3.8, 4) is 10.6 Å². The minimum Gasteiger partial charge on any atom is -0.381 e. The predicted molar refractivity (Wildman–Crippen MR) is 98.7 cm³/mol. The summed E-state index contributed by atoms with van der Waals surface area (Å²) in [5, 5.41) is 3.70. The Morgan fingerprint density at radius 3 is 2.58 bits per heavy atom. The molecule has 0 amide bonds. The van der Waals surface area contributed by atoms with Gasteiger partial charge in [-0.05, 0) is 25.8 Å². The molecule has 2 aromatic rings. The normalized spacial score (nSPS) is 21.3. The zero-order valence-corrected chi connectivity index (χ0v) is 16.4. The molecule has 7 nitrogen and oxygen atoms in total. The lowest BCUT2D eigenvalue weighted by atomic mass is 10.1. The number of ether oxygens (including phenoxy) is 1. The molecule has 9 heteroatoms. The lowest BCUT2D eigenvalue weighted by molar-refractivity contribution is 0.0229. The number of thiophene rings is 1. The highest BCUT2D eigenvalue weighted by atomic mass is 32.2. The van der Waals surface area contributed by atoms with Crippen LogP contribution in [0.1, 0.15) is 17.7 Å². The van der Waals surface area contributed by atoms with E-state index in [1.807, 2.05) is 6.92 Å². The molecule has 0 bridgehead atoms. The molecule has 26 heavy (non-hydrogen) atoms.